The van der Waals surface area contributed by atoms with Gasteiger partial charge in [-0.25, -0.2) is 8.42 Å². The molecule has 104 valence electrons. The number of hydrogen-bond acceptors (Lipinski definition) is 5. The van der Waals surface area contributed by atoms with Gasteiger partial charge in [0.05, 0.1) is 18.1 Å². The molecule has 0 aromatic carbocycles. The number of ether oxygens (including phenoxy) is 1. The van der Waals surface area contributed by atoms with Crippen LogP contribution in [0.4, 0.5) is 0 Å². The van der Waals surface area contributed by atoms with E-state index in [0.717, 1.165) is 25.8 Å². The molecule has 0 radical (unpaired) electrons. The Hall–Kier alpha value is -0.620. The van der Waals surface area contributed by atoms with Gasteiger partial charge in [-0.2, -0.15) is 0 Å². The van der Waals surface area contributed by atoms with Gasteiger partial charge in [0.15, 0.2) is 9.84 Å². The van der Waals surface area contributed by atoms with Crippen LogP contribution in [0.1, 0.15) is 38.5 Å². The molecule has 0 aromatic heterocycles. The lowest BCUT2D eigenvalue weighted by molar-refractivity contribution is -0.148. The fraction of sp³-hybridized carbons (Fsp3) is 0.917. The Bertz CT molecular complexity index is 412. The Morgan fingerprint density at radius 2 is 2.17 bits per heavy atom. The van der Waals surface area contributed by atoms with E-state index >= 15 is 0 Å². The number of methoxy groups -OCH3 is 1. The third-order valence-corrected chi connectivity index (χ3v) is 6.38. The number of carbonyl (C=O) groups is 1. The van der Waals surface area contributed by atoms with Crippen LogP contribution in [0.2, 0.25) is 0 Å². The minimum absolute atomic E-state index is 0.259. The zero-order valence-corrected chi connectivity index (χ0v) is 11.6. The molecule has 6 heteroatoms. The molecule has 18 heavy (non-hydrogen) atoms. The average molecular weight is 275 g/mol. The van der Waals surface area contributed by atoms with E-state index in [-0.39, 0.29) is 11.7 Å². The molecule has 5 nitrogen and oxygen atoms in total. The topological polar surface area (TPSA) is 72.5 Å². The normalized spacial score (nSPS) is 35.3. The van der Waals surface area contributed by atoms with E-state index in [2.05, 4.69) is 5.32 Å². The number of esters is 1. The molecule has 0 amide bonds. The van der Waals surface area contributed by atoms with Crippen LogP contribution < -0.4 is 5.32 Å². The number of nitrogens with one attached hydrogen (secondary N) is 1. The van der Waals surface area contributed by atoms with Gasteiger partial charge in [-0.3, -0.25) is 4.79 Å². The maximum atomic E-state index is 12.0. The van der Waals surface area contributed by atoms with Gasteiger partial charge in [-0.1, -0.05) is 6.42 Å². The molecule has 2 atom stereocenters. The minimum Gasteiger partial charge on any atom is -0.468 e. The van der Waals surface area contributed by atoms with Crippen LogP contribution in [0.15, 0.2) is 0 Å². The van der Waals surface area contributed by atoms with Crippen molar-refractivity contribution in [2.24, 2.45) is 0 Å². The largest absolute Gasteiger partial charge is 0.468 e. The van der Waals surface area contributed by atoms with Crippen molar-refractivity contribution in [2.75, 3.05) is 19.4 Å². The first-order valence-corrected chi connectivity index (χ1v) is 8.27. The van der Waals surface area contributed by atoms with Crippen molar-refractivity contribution >= 4 is 15.8 Å². The summed E-state index contributed by atoms with van der Waals surface area (Å²) >= 11 is 0. The quantitative estimate of drug-likeness (QED) is 0.765. The number of carbonyl (C=O) groups excluding carboxylic acids is 1. The highest BCUT2D eigenvalue weighted by molar-refractivity contribution is 7.92. The van der Waals surface area contributed by atoms with Crippen molar-refractivity contribution in [2.45, 2.75) is 49.3 Å². The number of rotatable bonds is 3. The predicted molar refractivity (Wildman–Crippen MR) is 68.0 cm³/mol. The van der Waals surface area contributed by atoms with Gasteiger partial charge in [-0.15, -0.1) is 0 Å². The molecule has 2 aliphatic rings. The average Bonchev–Trinajstić information content (AvgIpc) is 2.81. The highest BCUT2D eigenvalue weighted by atomic mass is 32.2. The molecule has 0 aromatic rings. The van der Waals surface area contributed by atoms with Crippen LogP contribution in [0.25, 0.3) is 0 Å². The molecule has 2 aliphatic heterocycles. The Labute approximate surface area is 108 Å². The lowest BCUT2D eigenvalue weighted by Gasteiger charge is -2.32. The van der Waals surface area contributed by atoms with E-state index in [9.17, 15) is 13.2 Å². The molecule has 0 bridgehead atoms. The number of hydrogen-bond donors (Lipinski definition) is 1. The summed E-state index contributed by atoms with van der Waals surface area (Å²) in [5.74, 6) is -0.0599. The van der Waals surface area contributed by atoms with E-state index in [4.69, 9.17) is 4.74 Å². The second-order valence-corrected chi connectivity index (χ2v) is 7.69. The summed E-state index contributed by atoms with van der Waals surface area (Å²) in [6, 6.07) is 0. The molecule has 0 spiro atoms. The van der Waals surface area contributed by atoms with Gasteiger partial charge >= 0.3 is 5.97 Å². The summed E-state index contributed by atoms with van der Waals surface area (Å²) in [6.07, 6.45) is 4.27. The predicted octanol–water partition coefficient (Wildman–Crippen LogP) is 0.639. The lowest BCUT2D eigenvalue weighted by Crippen LogP contribution is -2.52. The first-order valence-electron chi connectivity index (χ1n) is 6.55. The van der Waals surface area contributed by atoms with Crippen LogP contribution in [0, 0.1) is 0 Å². The zero-order valence-electron chi connectivity index (χ0n) is 10.8. The molecule has 0 aliphatic carbocycles. The monoisotopic (exact) mass is 275 g/mol. The highest BCUT2D eigenvalue weighted by Crippen LogP contribution is 2.32. The summed E-state index contributed by atoms with van der Waals surface area (Å²) in [4.78, 5) is 11.9. The van der Waals surface area contributed by atoms with E-state index < -0.39 is 20.6 Å². The molecular formula is C12H21NO4S. The van der Waals surface area contributed by atoms with Gasteiger partial charge in [0.1, 0.15) is 5.54 Å². The van der Waals surface area contributed by atoms with Gasteiger partial charge in [0, 0.05) is 0 Å². The smallest absolute Gasteiger partial charge is 0.326 e. The summed E-state index contributed by atoms with van der Waals surface area (Å²) in [7, 11) is -1.68. The SMILES string of the molecule is COC(=O)C1(CC2CCCCS2(=O)=O)CCCN1. The van der Waals surface area contributed by atoms with Crippen LogP contribution >= 0.6 is 0 Å². The van der Waals surface area contributed by atoms with E-state index in [0.29, 0.717) is 19.3 Å². The molecule has 2 rings (SSSR count). The van der Waals surface area contributed by atoms with Crippen molar-refractivity contribution in [1.82, 2.24) is 5.32 Å². The van der Waals surface area contributed by atoms with Crippen molar-refractivity contribution in [3.05, 3.63) is 0 Å². The summed E-state index contributed by atoms with van der Waals surface area (Å²) in [5.41, 5.74) is -0.774. The molecule has 2 heterocycles. The van der Waals surface area contributed by atoms with E-state index in [1.807, 2.05) is 0 Å². The Morgan fingerprint density at radius 1 is 1.39 bits per heavy atom. The Morgan fingerprint density at radius 3 is 2.72 bits per heavy atom. The lowest BCUT2D eigenvalue weighted by atomic mass is 9.90. The van der Waals surface area contributed by atoms with Crippen molar-refractivity contribution < 1.29 is 17.9 Å². The Balaban J connectivity index is 2.16. The second kappa shape index (κ2) is 5.17. The van der Waals surface area contributed by atoms with Gasteiger partial charge < -0.3 is 10.1 Å². The molecule has 2 unspecified atom stereocenters. The van der Waals surface area contributed by atoms with Crippen molar-refractivity contribution in [1.29, 1.82) is 0 Å². The molecule has 2 saturated heterocycles. The van der Waals surface area contributed by atoms with Crippen LogP contribution in [-0.2, 0) is 19.4 Å². The van der Waals surface area contributed by atoms with Crippen molar-refractivity contribution in [3.63, 3.8) is 0 Å². The van der Waals surface area contributed by atoms with Crippen LogP contribution in [0.5, 0.6) is 0 Å². The molecule has 0 saturated carbocycles. The van der Waals surface area contributed by atoms with Gasteiger partial charge in [0.25, 0.3) is 0 Å². The maximum Gasteiger partial charge on any atom is 0.326 e. The second-order valence-electron chi connectivity index (χ2n) is 5.29. The van der Waals surface area contributed by atoms with Crippen LogP contribution in [0.3, 0.4) is 0 Å². The van der Waals surface area contributed by atoms with E-state index in [1.54, 1.807) is 0 Å². The first kappa shape index (κ1) is 13.8. The zero-order chi connectivity index (χ0) is 13.2. The van der Waals surface area contributed by atoms with Crippen molar-refractivity contribution in [3.8, 4) is 0 Å². The minimum atomic E-state index is -3.04. The summed E-state index contributed by atoms with van der Waals surface area (Å²) in [5, 5.41) is 2.77. The van der Waals surface area contributed by atoms with Crippen LogP contribution in [-0.4, -0.2) is 44.6 Å². The molecule has 2 fully saturated rings. The third kappa shape index (κ3) is 2.54. The Kier molecular flexibility index (Phi) is 3.96. The first-order chi connectivity index (χ1) is 8.50. The fourth-order valence-corrected chi connectivity index (χ4v) is 5.08. The van der Waals surface area contributed by atoms with Gasteiger partial charge in [-0.05, 0) is 38.6 Å². The maximum absolute atomic E-state index is 12.0. The van der Waals surface area contributed by atoms with E-state index in [1.165, 1.54) is 7.11 Å². The highest BCUT2D eigenvalue weighted by Gasteiger charge is 2.46. The standard InChI is InChI=1S/C12H21NO4S/c1-17-11(14)12(6-4-7-13-12)9-10-5-2-3-8-18(10,15)16/h10,13H,2-9H2,1H3. The third-order valence-electron chi connectivity index (χ3n) is 4.11. The fourth-order valence-electron chi connectivity index (χ4n) is 3.07. The van der Waals surface area contributed by atoms with Gasteiger partial charge in [0.2, 0.25) is 0 Å². The molecular weight excluding hydrogens is 254 g/mol. The summed E-state index contributed by atoms with van der Waals surface area (Å²) < 4.78 is 28.9. The number of sulfone groups is 1. The summed E-state index contributed by atoms with van der Waals surface area (Å²) in [6.45, 7) is 0.752. The molecule has 1 N–H and O–H groups in total.